The standard InChI is InChI=1S/C19H19N5O2/c25-18-13-3-1-2-4-15(13)26-19(11-21-18)6-9-24(10-7-19)17-14-5-8-20-16(14)22-12-23-17/h1-5,8,12H,6-7,9-11H2,(H,21,25)(H,20,22,23). The highest BCUT2D eigenvalue weighted by molar-refractivity contribution is 5.97. The van der Waals surface area contributed by atoms with E-state index in [9.17, 15) is 4.79 Å². The summed E-state index contributed by atoms with van der Waals surface area (Å²) in [6, 6.07) is 9.46. The molecule has 0 saturated carbocycles. The lowest BCUT2D eigenvalue weighted by atomic mass is 9.90. The summed E-state index contributed by atoms with van der Waals surface area (Å²) >= 11 is 0. The van der Waals surface area contributed by atoms with E-state index in [4.69, 9.17) is 4.74 Å². The van der Waals surface area contributed by atoms with Crippen molar-refractivity contribution in [2.24, 2.45) is 0 Å². The van der Waals surface area contributed by atoms with Crippen LogP contribution in [-0.4, -0.2) is 46.1 Å². The lowest BCUT2D eigenvalue weighted by Gasteiger charge is -2.41. The predicted octanol–water partition coefficient (Wildman–Crippen LogP) is 2.12. The van der Waals surface area contributed by atoms with Gasteiger partial charge in [-0.2, -0.15) is 0 Å². The van der Waals surface area contributed by atoms with Gasteiger partial charge in [-0.3, -0.25) is 4.79 Å². The average molecular weight is 349 g/mol. The van der Waals surface area contributed by atoms with Crippen LogP contribution >= 0.6 is 0 Å². The fraction of sp³-hybridized carbons (Fsp3) is 0.316. The summed E-state index contributed by atoms with van der Waals surface area (Å²) in [5, 5.41) is 4.06. The van der Waals surface area contributed by atoms with Gasteiger partial charge in [-0.05, 0) is 18.2 Å². The first kappa shape index (κ1) is 15.2. The van der Waals surface area contributed by atoms with Crippen molar-refractivity contribution in [1.82, 2.24) is 20.3 Å². The molecular weight excluding hydrogens is 330 g/mol. The van der Waals surface area contributed by atoms with Crippen LogP contribution in [-0.2, 0) is 0 Å². The number of aromatic nitrogens is 3. The minimum absolute atomic E-state index is 0.0651. The number of amides is 1. The number of nitrogens with zero attached hydrogens (tertiary/aromatic N) is 3. The van der Waals surface area contributed by atoms with Crippen LogP contribution in [0.1, 0.15) is 23.2 Å². The quantitative estimate of drug-likeness (QED) is 0.703. The van der Waals surface area contributed by atoms with E-state index in [1.807, 2.05) is 36.5 Å². The number of H-pyrrole nitrogens is 1. The second-order valence-corrected chi connectivity index (χ2v) is 6.89. The molecule has 3 aromatic rings. The molecule has 132 valence electrons. The van der Waals surface area contributed by atoms with Crippen molar-refractivity contribution >= 4 is 22.8 Å². The van der Waals surface area contributed by atoms with Crippen LogP contribution in [0.25, 0.3) is 11.0 Å². The van der Waals surface area contributed by atoms with Gasteiger partial charge in [0.15, 0.2) is 0 Å². The van der Waals surface area contributed by atoms with Gasteiger partial charge in [-0.25, -0.2) is 9.97 Å². The van der Waals surface area contributed by atoms with Crippen molar-refractivity contribution in [2.45, 2.75) is 18.4 Å². The van der Waals surface area contributed by atoms with Crippen molar-refractivity contribution in [3.8, 4) is 5.75 Å². The third kappa shape index (κ3) is 2.39. The fourth-order valence-electron chi connectivity index (χ4n) is 3.86. The first-order chi connectivity index (χ1) is 12.7. The average Bonchev–Trinajstić information content (AvgIpc) is 3.11. The molecule has 1 amide bonds. The summed E-state index contributed by atoms with van der Waals surface area (Å²) in [7, 11) is 0. The van der Waals surface area contributed by atoms with Gasteiger partial charge in [0.2, 0.25) is 0 Å². The molecule has 7 heteroatoms. The monoisotopic (exact) mass is 349 g/mol. The number of hydrogen-bond acceptors (Lipinski definition) is 5. The predicted molar refractivity (Wildman–Crippen MR) is 97.5 cm³/mol. The molecule has 0 atom stereocenters. The SMILES string of the molecule is O=C1NCC2(CCN(c3ncnc4[nH]ccc34)CC2)Oc2ccccc21. The lowest BCUT2D eigenvalue weighted by Crippen LogP contribution is -2.53. The Morgan fingerprint density at radius 3 is 2.85 bits per heavy atom. The molecule has 0 unspecified atom stereocenters. The normalized spacial score (nSPS) is 18.9. The molecule has 2 N–H and O–H groups in total. The topological polar surface area (TPSA) is 83.1 Å². The summed E-state index contributed by atoms with van der Waals surface area (Å²) in [6.45, 7) is 2.16. The third-order valence-corrected chi connectivity index (χ3v) is 5.34. The smallest absolute Gasteiger partial charge is 0.255 e. The second kappa shape index (κ2) is 5.72. The number of anilines is 1. The van der Waals surface area contributed by atoms with E-state index in [0.29, 0.717) is 17.9 Å². The van der Waals surface area contributed by atoms with E-state index in [2.05, 4.69) is 25.2 Å². The zero-order valence-corrected chi connectivity index (χ0v) is 14.2. The van der Waals surface area contributed by atoms with Gasteiger partial charge in [0, 0.05) is 32.1 Å². The number of para-hydroxylation sites is 1. The summed E-state index contributed by atoms with van der Waals surface area (Å²) in [5.74, 6) is 1.56. The van der Waals surface area contributed by atoms with Gasteiger partial charge < -0.3 is 19.9 Å². The Balaban J connectivity index is 1.40. The van der Waals surface area contributed by atoms with Gasteiger partial charge >= 0.3 is 0 Å². The number of fused-ring (bicyclic) bond motifs is 2. The molecule has 0 bridgehead atoms. The van der Waals surface area contributed by atoms with E-state index in [0.717, 1.165) is 42.8 Å². The lowest BCUT2D eigenvalue weighted by molar-refractivity contribution is 0.0472. The molecular formula is C19H19N5O2. The van der Waals surface area contributed by atoms with E-state index in [1.54, 1.807) is 6.33 Å². The Morgan fingerprint density at radius 2 is 1.96 bits per heavy atom. The first-order valence-electron chi connectivity index (χ1n) is 8.83. The van der Waals surface area contributed by atoms with Crippen molar-refractivity contribution in [3.05, 3.63) is 48.4 Å². The highest BCUT2D eigenvalue weighted by Crippen LogP contribution is 2.34. The van der Waals surface area contributed by atoms with Crippen LogP contribution in [0.3, 0.4) is 0 Å². The highest BCUT2D eigenvalue weighted by atomic mass is 16.5. The minimum Gasteiger partial charge on any atom is -0.484 e. The molecule has 1 aromatic carbocycles. The van der Waals surface area contributed by atoms with E-state index < -0.39 is 0 Å². The molecule has 0 aliphatic carbocycles. The Morgan fingerprint density at radius 1 is 1.12 bits per heavy atom. The van der Waals surface area contributed by atoms with Gasteiger partial charge in [0.25, 0.3) is 5.91 Å². The van der Waals surface area contributed by atoms with Gasteiger partial charge in [0.1, 0.15) is 29.1 Å². The van der Waals surface area contributed by atoms with Crippen molar-refractivity contribution in [2.75, 3.05) is 24.5 Å². The fourth-order valence-corrected chi connectivity index (χ4v) is 3.86. The largest absolute Gasteiger partial charge is 0.484 e. The van der Waals surface area contributed by atoms with Crippen molar-refractivity contribution in [1.29, 1.82) is 0 Å². The summed E-state index contributed by atoms with van der Waals surface area (Å²) in [5.41, 5.74) is 1.09. The molecule has 7 nitrogen and oxygen atoms in total. The summed E-state index contributed by atoms with van der Waals surface area (Å²) in [6.07, 6.45) is 5.11. The van der Waals surface area contributed by atoms with E-state index >= 15 is 0 Å². The first-order valence-corrected chi connectivity index (χ1v) is 8.83. The van der Waals surface area contributed by atoms with Crippen LogP contribution in [0, 0.1) is 0 Å². The number of hydrogen-bond donors (Lipinski definition) is 2. The zero-order chi connectivity index (χ0) is 17.6. The number of carbonyl (C=O) groups excluding carboxylic acids is 1. The van der Waals surface area contributed by atoms with Crippen LogP contribution in [0.4, 0.5) is 5.82 Å². The minimum atomic E-state index is -0.372. The molecule has 1 saturated heterocycles. The zero-order valence-electron chi connectivity index (χ0n) is 14.2. The molecule has 2 aliphatic rings. The van der Waals surface area contributed by atoms with Crippen LogP contribution < -0.4 is 15.0 Å². The molecule has 4 heterocycles. The van der Waals surface area contributed by atoms with Gasteiger partial charge in [-0.1, -0.05) is 12.1 Å². The molecule has 0 radical (unpaired) electrons. The Bertz CT molecular complexity index is 975. The van der Waals surface area contributed by atoms with Gasteiger partial charge in [-0.15, -0.1) is 0 Å². The number of aromatic amines is 1. The Kier molecular flexibility index (Phi) is 3.34. The molecule has 26 heavy (non-hydrogen) atoms. The Hall–Kier alpha value is -3.09. The number of ether oxygens (including phenoxy) is 1. The van der Waals surface area contributed by atoms with E-state index in [1.165, 1.54) is 0 Å². The third-order valence-electron chi connectivity index (χ3n) is 5.34. The maximum atomic E-state index is 12.3. The number of piperidine rings is 1. The number of nitrogens with one attached hydrogen (secondary N) is 2. The van der Waals surface area contributed by atoms with Crippen molar-refractivity contribution in [3.63, 3.8) is 0 Å². The van der Waals surface area contributed by atoms with Gasteiger partial charge in [0.05, 0.1) is 17.5 Å². The van der Waals surface area contributed by atoms with Crippen LogP contribution in [0.15, 0.2) is 42.9 Å². The summed E-state index contributed by atoms with van der Waals surface area (Å²) < 4.78 is 6.36. The number of rotatable bonds is 1. The number of carbonyl (C=O) groups is 1. The number of benzene rings is 1. The van der Waals surface area contributed by atoms with E-state index in [-0.39, 0.29) is 11.5 Å². The van der Waals surface area contributed by atoms with Crippen LogP contribution in [0.5, 0.6) is 5.75 Å². The van der Waals surface area contributed by atoms with Crippen LogP contribution in [0.2, 0.25) is 0 Å². The molecule has 5 rings (SSSR count). The highest BCUT2D eigenvalue weighted by Gasteiger charge is 2.40. The molecule has 2 aliphatic heterocycles. The molecule has 2 aromatic heterocycles. The maximum absolute atomic E-state index is 12.3. The van der Waals surface area contributed by atoms with Crippen molar-refractivity contribution < 1.29 is 9.53 Å². The second-order valence-electron chi connectivity index (χ2n) is 6.89. The Labute approximate surface area is 150 Å². The maximum Gasteiger partial charge on any atom is 0.255 e. The molecule has 1 fully saturated rings. The molecule has 1 spiro atoms. The summed E-state index contributed by atoms with van der Waals surface area (Å²) in [4.78, 5) is 26.5.